The summed E-state index contributed by atoms with van der Waals surface area (Å²) in [5.74, 6) is 2.17. The fourth-order valence-corrected chi connectivity index (χ4v) is 6.91. The van der Waals surface area contributed by atoms with E-state index in [-0.39, 0.29) is 12.1 Å². The minimum Gasteiger partial charge on any atom is -0.497 e. The Morgan fingerprint density at radius 3 is 1.69 bits per heavy atom. The molecule has 0 amide bonds. The molecule has 200 valence electrons. The zero-order valence-electron chi connectivity index (χ0n) is 22.6. The first-order chi connectivity index (χ1) is 19.2. The van der Waals surface area contributed by atoms with Gasteiger partial charge in [0, 0.05) is 57.4 Å². The van der Waals surface area contributed by atoms with Crippen LogP contribution in [0.25, 0.3) is 21.8 Å². The topological polar surface area (TPSA) is 74.1 Å². The van der Waals surface area contributed by atoms with E-state index in [1.54, 1.807) is 14.2 Å². The molecule has 6 nitrogen and oxygen atoms in total. The molecule has 6 heteroatoms. The molecule has 2 unspecified atom stereocenters. The van der Waals surface area contributed by atoms with Crippen molar-refractivity contribution in [1.82, 2.24) is 20.6 Å². The summed E-state index contributed by atoms with van der Waals surface area (Å²) in [7, 11) is 3.46. The van der Waals surface area contributed by atoms with Crippen LogP contribution in [0.4, 0.5) is 0 Å². The zero-order valence-corrected chi connectivity index (χ0v) is 22.6. The third-order valence-corrected chi connectivity index (χ3v) is 8.83. The number of ether oxygens (including phenoxy) is 2. The van der Waals surface area contributed by atoms with Crippen LogP contribution >= 0.6 is 0 Å². The first kappa shape index (κ1) is 24.3. The molecule has 0 spiro atoms. The number of fused-ring (bicyclic) bond motifs is 6. The summed E-state index contributed by atoms with van der Waals surface area (Å²) >= 11 is 0. The van der Waals surface area contributed by atoms with Gasteiger partial charge in [0.15, 0.2) is 0 Å². The predicted molar refractivity (Wildman–Crippen MR) is 157 cm³/mol. The smallest absolute Gasteiger partial charge is 0.120 e. The van der Waals surface area contributed by atoms with Crippen molar-refractivity contribution in [3.05, 3.63) is 94.8 Å². The molecule has 0 saturated heterocycles. The molecule has 39 heavy (non-hydrogen) atoms. The monoisotopic (exact) mass is 520 g/mol. The Morgan fingerprint density at radius 2 is 1.21 bits per heavy atom. The average Bonchev–Trinajstić information content (AvgIpc) is 3.55. The summed E-state index contributed by atoms with van der Waals surface area (Å²) in [6, 6.07) is 24.4. The van der Waals surface area contributed by atoms with Gasteiger partial charge in [-0.2, -0.15) is 0 Å². The average molecular weight is 521 g/mol. The molecule has 0 aliphatic carbocycles. The first-order valence-corrected chi connectivity index (χ1v) is 14.1. The number of benzene rings is 3. The number of aromatic nitrogens is 2. The summed E-state index contributed by atoms with van der Waals surface area (Å²) in [6.07, 6.45) is 4.14. The molecule has 2 aliphatic rings. The van der Waals surface area contributed by atoms with Crippen LogP contribution in [0.1, 0.15) is 58.9 Å². The second-order valence-corrected chi connectivity index (χ2v) is 10.9. The van der Waals surface area contributed by atoms with Gasteiger partial charge in [-0.25, -0.2) is 0 Å². The Kier molecular flexibility index (Phi) is 6.30. The summed E-state index contributed by atoms with van der Waals surface area (Å²) in [6.45, 7) is 1.99. The van der Waals surface area contributed by atoms with Crippen molar-refractivity contribution in [2.75, 3.05) is 27.3 Å². The molecular weight excluding hydrogens is 484 g/mol. The third kappa shape index (κ3) is 4.38. The van der Waals surface area contributed by atoms with Crippen LogP contribution in [0.15, 0.2) is 66.7 Å². The number of hydrogen-bond donors (Lipinski definition) is 4. The second-order valence-electron chi connectivity index (χ2n) is 10.9. The fourth-order valence-electron chi connectivity index (χ4n) is 6.91. The van der Waals surface area contributed by atoms with E-state index in [9.17, 15) is 0 Å². The molecule has 7 rings (SSSR count). The molecule has 4 heterocycles. The Morgan fingerprint density at radius 1 is 0.692 bits per heavy atom. The van der Waals surface area contributed by atoms with E-state index in [2.05, 4.69) is 87.3 Å². The van der Waals surface area contributed by atoms with Gasteiger partial charge in [-0.15, -0.1) is 0 Å². The molecule has 0 fully saturated rings. The minimum absolute atomic E-state index is 0.271. The van der Waals surface area contributed by atoms with Crippen LogP contribution < -0.4 is 20.1 Å². The van der Waals surface area contributed by atoms with Crippen molar-refractivity contribution in [2.45, 2.75) is 43.7 Å². The van der Waals surface area contributed by atoms with E-state index in [4.69, 9.17) is 9.47 Å². The maximum Gasteiger partial charge on any atom is 0.120 e. The molecule has 2 aliphatic heterocycles. The van der Waals surface area contributed by atoms with E-state index >= 15 is 0 Å². The minimum atomic E-state index is 0.271. The molecule has 0 bridgehead atoms. The van der Waals surface area contributed by atoms with Gasteiger partial charge in [0.2, 0.25) is 0 Å². The number of nitrogens with one attached hydrogen (secondary N) is 4. The van der Waals surface area contributed by atoms with Gasteiger partial charge in [0.25, 0.3) is 0 Å². The highest BCUT2D eigenvalue weighted by molar-refractivity contribution is 5.87. The normalized spacial score (nSPS) is 19.5. The lowest BCUT2D eigenvalue weighted by atomic mass is 9.82. The third-order valence-electron chi connectivity index (χ3n) is 8.83. The van der Waals surface area contributed by atoms with E-state index in [0.717, 1.165) is 61.3 Å². The van der Waals surface area contributed by atoms with Crippen molar-refractivity contribution < 1.29 is 9.47 Å². The quantitative estimate of drug-likeness (QED) is 0.203. The summed E-state index contributed by atoms with van der Waals surface area (Å²) in [5.41, 5.74) is 9.29. The second kappa shape index (κ2) is 10.1. The fraction of sp³-hybridized carbons (Fsp3) is 0.333. The highest BCUT2D eigenvalue weighted by Crippen LogP contribution is 2.41. The Hall–Kier alpha value is -3.74. The number of aromatic amines is 2. The molecule has 4 N–H and O–H groups in total. The Bertz CT molecular complexity index is 1520. The maximum absolute atomic E-state index is 5.50. The summed E-state index contributed by atoms with van der Waals surface area (Å²) in [4.78, 5) is 7.54. The van der Waals surface area contributed by atoms with E-state index in [1.165, 1.54) is 38.9 Å². The predicted octanol–water partition coefficient (Wildman–Crippen LogP) is 6.30. The van der Waals surface area contributed by atoms with Gasteiger partial charge >= 0.3 is 0 Å². The lowest BCUT2D eigenvalue weighted by molar-refractivity contribution is 0.369. The van der Waals surface area contributed by atoms with Gasteiger partial charge in [-0.3, -0.25) is 0 Å². The van der Waals surface area contributed by atoms with Gasteiger partial charge in [-0.05, 0) is 85.6 Å². The first-order valence-electron chi connectivity index (χ1n) is 14.1. The van der Waals surface area contributed by atoms with Crippen LogP contribution in [-0.2, 0) is 12.8 Å². The standard InChI is InChI=1S/C33H36N4O2/c1-38-22-8-10-24-26-12-14-34-30(32(26)36-28(24)18-22)16-21(20-6-4-3-5-7-20)17-31-33-27(13-15-35-31)25-11-9-23(39-2)19-29(25)37-33/h3-11,18-19,21,30-31,34-37H,12-17H2,1-2H3. The van der Waals surface area contributed by atoms with Gasteiger partial charge in [-0.1, -0.05) is 30.3 Å². The SMILES string of the molecule is COc1ccc2c3c([nH]c2c1)C(CC(CC1NCCc2c1[nH]c1cc(OC)ccc21)c1ccccc1)NCC3. The van der Waals surface area contributed by atoms with Gasteiger partial charge in [0.1, 0.15) is 11.5 Å². The van der Waals surface area contributed by atoms with Gasteiger partial charge in [0.05, 0.1) is 14.2 Å². The lowest BCUT2D eigenvalue weighted by Crippen LogP contribution is -2.33. The van der Waals surface area contributed by atoms with E-state index in [0.29, 0.717) is 5.92 Å². The summed E-state index contributed by atoms with van der Waals surface area (Å²) in [5, 5.41) is 10.3. The molecule has 2 aromatic heterocycles. The number of hydrogen-bond acceptors (Lipinski definition) is 4. The maximum atomic E-state index is 5.50. The highest BCUT2D eigenvalue weighted by atomic mass is 16.5. The highest BCUT2D eigenvalue weighted by Gasteiger charge is 2.31. The van der Waals surface area contributed by atoms with Crippen molar-refractivity contribution >= 4 is 21.8 Å². The molecule has 0 radical (unpaired) electrons. The van der Waals surface area contributed by atoms with E-state index < -0.39 is 0 Å². The number of H-pyrrole nitrogens is 2. The molecule has 3 aromatic carbocycles. The van der Waals surface area contributed by atoms with Crippen molar-refractivity contribution in [1.29, 1.82) is 0 Å². The zero-order chi connectivity index (χ0) is 26.3. The van der Waals surface area contributed by atoms with Crippen molar-refractivity contribution in [3.8, 4) is 11.5 Å². The molecule has 2 atom stereocenters. The molecule has 5 aromatic rings. The van der Waals surface area contributed by atoms with Crippen LogP contribution in [0.2, 0.25) is 0 Å². The number of rotatable bonds is 7. The van der Waals surface area contributed by atoms with Crippen LogP contribution in [0.5, 0.6) is 11.5 Å². The Labute approximate surface area is 229 Å². The van der Waals surface area contributed by atoms with Crippen molar-refractivity contribution in [3.63, 3.8) is 0 Å². The molecule has 0 saturated carbocycles. The summed E-state index contributed by atoms with van der Waals surface area (Å²) < 4.78 is 11.0. The lowest BCUT2D eigenvalue weighted by Gasteiger charge is -2.32. The Balaban J connectivity index is 1.22. The van der Waals surface area contributed by atoms with Crippen LogP contribution in [-0.4, -0.2) is 37.3 Å². The number of methoxy groups -OCH3 is 2. The van der Waals surface area contributed by atoms with Crippen LogP contribution in [0, 0.1) is 0 Å². The van der Waals surface area contributed by atoms with E-state index in [1.807, 2.05) is 0 Å². The van der Waals surface area contributed by atoms with Crippen molar-refractivity contribution in [2.24, 2.45) is 0 Å². The van der Waals surface area contributed by atoms with Crippen LogP contribution in [0.3, 0.4) is 0 Å². The van der Waals surface area contributed by atoms with Gasteiger partial charge < -0.3 is 30.1 Å². The molecular formula is C33H36N4O2. The largest absolute Gasteiger partial charge is 0.497 e.